The fraction of sp³-hybridized carbons (Fsp3) is 0.579. The number of para-hydroxylation sites is 1. The Labute approximate surface area is 138 Å². The van der Waals surface area contributed by atoms with Gasteiger partial charge in [0.1, 0.15) is 0 Å². The summed E-state index contributed by atoms with van der Waals surface area (Å²) in [6, 6.07) is 8.12. The smallest absolute Gasteiger partial charge is 0.228 e. The van der Waals surface area contributed by atoms with Crippen molar-refractivity contribution in [2.75, 3.05) is 11.9 Å². The Bertz CT molecular complexity index is 599. The van der Waals surface area contributed by atoms with E-state index in [1.54, 1.807) is 0 Å². The van der Waals surface area contributed by atoms with Crippen LogP contribution in [0, 0.1) is 18.8 Å². The van der Waals surface area contributed by atoms with Crippen LogP contribution in [0.25, 0.3) is 0 Å². The van der Waals surface area contributed by atoms with E-state index in [0.29, 0.717) is 12.5 Å². The molecule has 0 bridgehead atoms. The number of likely N-dealkylation sites (tertiary alicyclic amines) is 1. The highest BCUT2D eigenvalue weighted by Crippen LogP contribution is 2.42. The maximum atomic E-state index is 12.7. The van der Waals surface area contributed by atoms with Gasteiger partial charge in [0, 0.05) is 18.3 Å². The van der Waals surface area contributed by atoms with Crippen molar-refractivity contribution >= 4 is 17.5 Å². The van der Waals surface area contributed by atoms with Crippen LogP contribution in [0.5, 0.6) is 0 Å². The highest BCUT2D eigenvalue weighted by Gasteiger charge is 2.50. The molecule has 0 radical (unpaired) electrons. The second-order valence-electron chi connectivity index (χ2n) is 6.84. The van der Waals surface area contributed by atoms with Crippen molar-refractivity contribution in [3.05, 3.63) is 29.8 Å². The van der Waals surface area contributed by atoms with E-state index in [1.807, 2.05) is 36.1 Å². The molecule has 1 aliphatic heterocycles. The SMILES string of the molecule is CCC1CCCCN1C(=O)C1CC1C(=O)Nc1ccccc1C. The summed E-state index contributed by atoms with van der Waals surface area (Å²) >= 11 is 0. The summed E-state index contributed by atoms with van der Waals surface area (Å²) in [6.45, 7) is 4.98. The maximum Gasteiger partial charge on any atom is 0.228 e. The molecule has 1 saturated carbocycles. The number of aryl methyl sites for hydroxylation is 1. The monoisotopic (exact) mass is 314 g/mol. The summed E-state index contributed by atoms with van der Waals surface area (Å²) in [6.07, 6.45) is 5.12. The molecule has 1 aromatic rings. The number of nitrogens with zero attached hydrogens (tertiary/aromatic N) is 1. The highest BCUT2D eigenvalue weighted by molar-refractivity contribution is 6.00. The highest BCUT2D eigenvalue weighted by atomic mass is 16.2. The third-order valence-electron chi connectivity index (χ3n) is 5.23. The summed E-state index contributed by atoms with van der Waals surface area (Å²) in [4.78, 5) is 27.1. The predicted octanol–water partition coefficient (Wildman–Crippen LogP) is 3.36. The number of nitrogens with one attached hydrogen (secondary N) is 1. The van der Waals surface area contributed by atoms with Gasteiger partial charge in [0.15, 0.2) is 0 Å². The molecule has 2 amide bonds. The molecule has 23 heavy (non-hydrogen) atoms. The van der Waals surface area contributed by atoms with E-state index < -0.39 is 0 Å². The first-order chi connectivity index (χ1) is 11.1. The molecule has 3 atom stereocenters. The molecule has 124 valence electrons. The van der Waals surface area contributed by atoms with E-state index in [4.69, 9.17) is 0 Å². The van der Waals surface area contributed by atoms with Crippen LogP contribution in [-0.4, -0.2) is 29.3 Å². The number of carbonyl (C=O) groups excluding carboxylic acids is 2. The Hall–Kier alpha value is -1.84. The number of benzene rings is 1. The summed E-state index contributed by atoms with van der Waals surface area (Å²) in [5.41, 5.74) is 1.89. The average Bonchev–Trinajstić information content (AvgIpc) is 3.37. The van der Waals surface area contributed by atoms with E-state index in [-0.39, 0.29) is 23.7 Å². The molecule has 0 aromatic heterocycles. The van der Waals surface area contributed by atoms with Crippen molar-refractivity contribution in [2.24, 2.45) is 11.8 Å². The first-order valence-electron chi connectivity index (χ1n) is 8.78. The lowest BCUT2D eigenvalue weighted by atomic mass is 9.99. The first kappa shape index (κ1) is 16.0. The van der Waals surface area contributed by atoms with E-state index >= 15 is 0 Å². The van der Waals surface area contributed by atoms with Crippen LogP contribution in [0.15, 0.2) is 24.3 Å². The molecule has 1 aromatic carbocycles. The molecule has 1 saturated heterocycles. The quantitative estimate of drug-likeness (QED) is 0.926. The van der Waals surface area contributed by atoms with Crippen LogP contribution in [0.2, 0.25) is 0 Å². The summed E-state index contributed by atoms with van der Waals surface area (Å²) in [5, 5.41) is 2.98. The zero-order valence-corrected chi connectivity index (χ0v) is 14.0. The Morgan fingerprint density at radius 2 is 2.00 bits per heavy atom. The van der Waals surface area contributed by atoms with Crippen molar-refractivity contribution in [2.45, 2.75) is 52.0 Å². The second-order valence-corrected chi connectivity index (χ2v) is 6.84. The second kappa shape index (κ2) is 6.73. The number of rotatable bonds is 4. The minimum atomic E-state index is -0.151. The van der Waals surface area contributed by atoms with Gasteiger partial charge in [0.25, 0.3) is 0 Å². The van der Waals surface area contributed by atoms with Gasteiger partial charge in [0.2, 0.25) is 11.8 Å². The molecular weight excluding hydrogens is 288 g/mol. The van der Waals surface area contributed by atoms with Gasteiger partial charge < -0.3 is 10.2 Å². The van der Waals surface area contributed by atoms with Gasteiger partial charge in [-0.1, -0.05) is 25.1 Å². The van der Waals surface area contributed by atoms with E-state index in [9.17, 15) is 9.59 Å². The largest absolute Gasteiger partial charge is 0.339 e. The Balaban J connectivity index is 1.59. The van der Waals surface area contributed by atoms with Crippen molar-refractivity contribution in [1.82, 2.24) is 4.90 Å². The lowest BCUT2D eigenvalue weighted by Gasteiger charge is -2.35. The molecule has 1 N–H and O–H groups in total. The molecule has 2 aliphatic rings. The van der Waals surface area contributed by atoms with Gasteiger partial charge in [-0.25, -0.2) is 0 Å². The first-order valence-corrected chi connectivity index (χ1v) is 8.78. The van der Waals surface area contributed by atoms with Gasteiger partial charge in [0.05, 0.1) is 11.8 Å². The van der Waals surface area contributed by atoms with Crippen LogP contribution < -0.4 is 5.32 Å². The molecule has 1 heterocycles. The third-order valence-corrected chi connectivity index (χ3v) is 5.23. The number of carbonyl (C=O) groups is 2. The molecule has 4 heteroatoms. The van der Waals surface area contributed by atoms with Crippen molar-refractivity contribution < 1.29 is 9.59 Å². The van der Waals surface area contributed by atoms with Crippen molar-refractivity contribution in [3.63, 3.8) is 0 Å². The molecule has 3 unspecified atom stereocenters. The molecule has 4 nitrogen and oxygen atoms in total. The van der Waals surface area contributed by atoms with Gasteiger partial charge >= 0.3 is 0 Å². The summed E-state index contributed by atoms with van der Waals surface area (Å²) in [7, 11) is 0. The number of anilines is 1. The standard InChI is InChI=1S/C19H26N2O2/c1-3-14-9-6-7-11-21(14)19(23)16-12-15(16)18(22)20-17-10-5-4-8-13(17)2/h4-5,8,10,14-16H,3,6-7,9,11-12H2,1-2H3,(H,20,22). The van der Waals surface area contributed by atoms with Gasteiger partial charge in [-0.05, 0) is 50.7 Å². The van der Waals surface area contributed by atoms with Crippen LogP contribution >= 0.6 is 0 Å². The number of hydrogen-bond acceptors (Lipinski definition) is 2. The molecule has 0 spiro atoms. The lowest BCUT2D eigenvalue weighted by molar-refractivity contribution is -0.137. The zero-order valence-electron chi connectivity index (χ0n) is 14.0. The third kappa shape index (κ3) is 3.41. The number of hydrogen-bond donors (Lipinski definition) is 1. The summed E-state index contributed by atoms with van der Waals surface area (Å²) in [5.74, 6) is -0.0723. The minimum absolute atomic E-state index is 0.0114. The van der Waals surface area contributed by atoms with E-state index in [2.05, 4.69) is 12.2 Å². The van der Waals surface area contributed by atoms with Crippen LogP contribution in [0.4, 0.5) is 5.69 Å². The Morgan fingerprint density at radius 3 is 2.74 bits per heavy atom. The Kier molecular flexibility index (Phi) is 4.69. The lowest BCUT2D eigenvalue weighted by Crippen LogP contribution is -2.44. The molecule has 3 rings (SSSR count). The minimum Gasteiger partial charge on any atom is -0.339 e. The maximum absolute atomic E-state index is 12.7. The molecule has 2 fully saturated rings. The van der Waals surface area contributed by atoms with E-state index in [0.717, 1.165) is 37.1 Å². The topological polar surface area (TPSA) is 49.4 Å². The fourth-order valence-electron chi connectivity index (χ4n) is 3.62. The van der Waals surface area contributed by atoms with Crippen LogP contribution in [-0.2, 0) is 9.59 Å². The van der Waals surface area contributed by atoms with E-state index in [1.165, 1.54) is 6.42 Å². The number of amides is 2. The van der Waals surface area contributed by atoms with Crippen molar-refractivity contribution in [3.8, 4) is 0 Å². The average molecular weight is 314 g/mol. The van der Waals surface area contributed by atoms with Crippen LogP contribution in [0.3, 0.4) is 0 Å². The normalized spacial score (nSPS) is 26.7. The molecular formula is C19H26N2O2. The van der Waals surface area contributed by atoms with Gasteiger partial charge in [-0.2, -0.15) is 0 Å². The molecule has 1 aliphatic carbocycles. The van der Waals surface area contributed by atoms with Gasteiger partial charge in [-0.15, -0.1) is 0 Å². The predicted molar refractivity (Wildman–Crippen MR) is 91.0 cm³/mol. The summed E-state index contributed by atoms with van der Waals surface area (Å²) < 4.78 is 0. The number of piperidine rings is 1. The zero-order chi connectivity index (χ0) is 16.4. The Morgan fingerprint density at radius 1 is 1.22 bits per heavy atom. The van der Waals surface area contributed by atoms with Gasteiger partial charge in [-0.3, -0.25) is 9.59 Å². The fourth-order valence-corrected chi connectivity index (χ4v) is 3.62. The van der Waals surface area contributed by atoms with Crippen molar-refractivity contribution in [1.29, 1.82) is 0 Å². The van der Waals surface area contributed by atoms with Crippen LogP contribution in [0.1, 0.15) is 44.6 Å².